The minimum absolute atomic E-state index is 0.179. The number of ether oxygens (including phenoxy) is 1. The highest BCUT2D eigenvalue weighted by molar-refractivity contribution is 5.48. The lowest BCUT2D eigenvalue weighted by molar-refractivity contribution is -0.00117. The van der Waals surface area contributed by atoms with E-state index in [-0.39, 0.29) is 5.82 Å². The fourth-order valence-electron chi connectivity index (χ4n) is 3.35. The minimum Gasteiger partial charge on any atom is -0.379 e. The standard InChI is InChI=1S/C18H25FN2O/c19-17-7-5-16(6-8-17)3-1-9-20-10-2-4-18(15-20)21-11-13-22-14-12-21/h1,3,5-8,18H,2,4,9-15H2. The van der Waals surface area contributed by atoms with Crippen molar-refractivity contribution in [3.8, 4) is 0 Å². The Bertz CT molecular complexity index is 482. The average molecular weight is 304 g/mol. The Morgan fingerprint density at radius 2 is 1.91 bits per heavy atom. The molecule has 0 aromatic heterocycles. The fraction of sp³-hybridized carbons (Fsp3) is 0.556. The Kier molecular flexibility index (Phi) is 5.59. The van der Waals surface area contributed by atoms with Crippen LogP contribution in [0.2, 0.25) is 0 Å². The Morgan fingerprint density at radius 3 is 2.68 bits per heavy atom. The molecule has 2 heterocycles. The van der Waals surface area contributed by atoms with E-state index in [9.17, 15) is 4.39 Å². The van der Waals surface area contributed by atoms with Crippen molar-refractivity contribution < 1.29 is 9.13 Å². The van der Waals surface area contributed by atoms with Crippen LogP contribution in [-0.2, 0) is 4.74 Å². The van der Waals surface area contributed by atoms with Crippen molar-refractivity contribution in [3.63, 3.8) is 0 Å². The molecule has 0 amide bonds. The van der Waals surface area contributed by atoms with Gasteiger partial charge in [-0.25, -0.2) is 4.39 Å². The highest BCUT2D eigenvalue weighted by Gasteiger charge is 2.25. The van der Waals surface area contributed by atoms with Gasteiger partial charge in [0.15, 0.2) is 0 Å². The summed E-state index contributed by atoms with van der Waals surface area (Å²) >= 11 is 0. The smallest absolute Gasteiger partial charge is 0.123 e. The molecule has 1 atom stereocenters. The zero-order valence-corrected chi connectivity index (χ0v) is 13.1. The second-order valence-electron chi connectivity index (χ2n) is 6.16. The number of benzene rings is 1. The first-order valence-corrected chi connectivity index (χ1v) is 8.27. The van der Waals surface area contributed by atoms with E-state index < -0.39 is 0 Å². The van der Waals surface area contributed by atoms with Crippen LogP contribution in [0.1, 0.15) is 18.4 Å². The third-order valence-electron chi connectivity index (χ3n) is 4.59. The number of morpholine rings is 1. The van der Waals surface area contributed by atoms with Crippen molar-refractivity contribution in [2.75, 3.05) is 45.9 Å². The topological polar surface area (TPSA) is 15.7 Å². The van der Waals surface area contributed by atoms with Crippen molar-refractivity contribution in [2.24, 2.45) is 0 Å². The molecule has 2 saturated heterocycles. The van der Waals surface area contributed by atoms with E-state index in [0.717, 1.165) is 45.0 Å². The summed E-state index contributed by atoms with van der Waals surface area (Å²) in [6.07, 6.45) is 6.84. The average Bonchev–Trinajstić information content (AvgIpc) is 2.58. The normalized spacial score (nSPS) is 24.9. The molecule has 0 N–H and O–H groups in total. The molecule has 1 aromatic rings. The van der Waals surface area contributed by atoms with Gasteiger partial charge in [0.25, 0.3) is 0 Å². The molecule has 2 aliphatic rings. The molecule has 120 valence electrons. The zero-order valence-electron chi connectivity index (χ0n) is 13.1. The van der Waals surface area contributed by atoms with Crippen LogP contribution in [0.5, 0.6) is 0 Å². The molecular weight excluding hydrogens is 279 g/mol. The van der Waals surface area contributed by atoms with Gasteiger partial charge >= 0.3 is 0 Å². The SMILES string of the molecule is Fc1ccc(C=CCN2CCCC(N3CCOCC3)C2)cc1. The van der Waals surface area contributed by atoms with Gasteiger partial charge in [0, 0.05) is 32.2 Å². The van der Waals surface area contributed by atoms with Crippen LogP contribution in [0, 0.1) is 5.82 Å². The molecule has 3 nitrogen and oxygen atoms in total. The van der Waals surface area contributed by atoms with Crippen LogP contribution in [0.3, 0.4) is 0 Å². The summed E-state index contributed by atoms with van der Waals surface area (Å²) < 4.78 is 18.3. The quantitative estimate of drug-likeness (QED) is 0.850. The number of halogens is 1. The number of likely N-dealkylation sites (tertiary alicyclic amines) is 1. The van der Waals surface area contributed by atoms with Gasteiger partial charge in [-0.05, 0) is 37.1 Å². The maximum atomic E-state index is 12.9. The lowest BCUT2D eigenvalue weighted by Crippen LogP contribution is -2.51. The van der Waals surface area contributed by atoms with E-state index in [0.29, 0.717) is 6.04 Å². The molecule has 3 rings (SSSR count). The van der Waals surface area contributed by atoms with Gasteiger partial charge in [-0.15, -0.1) is 0 Å². The maximum absolute atomic E-state index is 12.9. The van der Waals surface area contributed by atoms with E-state index in [2.05, 4.69) is 22.0 Å². The first-order chi connectivity index (χ1) is 10.8. The highest BCUT2D eigenvalue weighted by atomic mass is 19.1. The van der Waals surface area contributed by atoms with Gasteiger partial charge in [-0.1, -0.05) is 24.3 Å². The lowest BCUT2D eigenvalue weighted by atomic mass is 10.0. The van der Waals surface area contributed by atoms with Crippen LogP contribution >= 0.6 is 0 Å². The number of hydrogen-bond donors (Lipinski definition) is 0. The molecule has 0 radical (unpaired) electrons. The highest BCUT2D eigenvalue weighted by Crippen LogP contribution is 2.17. The second kappa shape index (κ2) is 7.86. The van der Waals surface area contributed by atoms with Crippen molar-refractivity contribution in [2.45, 2.75) is 18.9 Å². The van der Waals surface area contributed by atoms with Crippen LogP contribution in [0.15, 0.2) is 30.3 Å². The van der Waals surface area contributed by atoms with Gasteiger partial charge in [0.2, 0.25) is 0 Å². The van der Waals surface area contributed by atoms with Crippen LogP contribution in [0.25, 0.3) is 6.08 Å². The molecule has 1 aromatic carbocycles. The summed E-state index contributed by atoms with van der Waals surface area (Å²) in [5.74, 6) is -0.179. The molecule has 2 fully saturated rings. The third-order valence-corrected chi connectivity index (χ3v) is 4.59. The van der Waals surface area contributed by atoms with Gasteiger partial charge < -0.3 is 4.74 Å². The fourth-order valence-corrected chi connectivity index (χ4v) is 3.35. The Labute approximate surface area is 132 Å². The summed E-state index contributed by atoms with van der Waals surface area (Å²) in [5.41, 5.74) is 1.06. The van der Waals surface area contributed by atoms with E-state index >= 15 is 0 Å². The predicted octanol–water partition coefficient (Wildman–Crippen LogP) is 2.64. The summed E-state index contributed by atoms with van der Waals surface area (Å²) in [6, 6.07) is 7.33. The molecule has 2 aliphatic heterocycles. The first kappa shape index (κ1) is 15.7. The molecule has 0 spiro atoms. The number of piperidine rings is 1. The van der Waals surface area contributed by atoms with E-state index in [1.54, 1.807) is 0 Å². The maximum Gasteiger partial charge on any atom is 0.123 e. The summed E-state index contributed by atoms with van der Waals surface area (Å²) in [7, 11) is 0. The molecule has 0 saturated carbocycles. The van der Waals surface area contributed by atoms with E-state index in [1.807, 2.05) is 12.1 Å². The number of rotatable bonds is 4. The number of nitrogens with zero attached hydrogens (tertiary/aromatic N) is 2. The zero-order chi connectivity index (χ0) is 15.2. The second-order valence-corrected chi connectivity index (χ2v) is 6.16. The monoisotopic (exact) mass is 304 g/mol. The first-order valence-electron chi connectivity index (χ1n) is 8.27. The van der Waals surface area contributed by atoms with E-state index in [1.165, 1.54) is 31.5 Å². The van der Waals surface area contributed by atoms with Crippen molar-refractivity contribution >= 4 is 6.08 Å². The minimum atomic E-state index is -0.179. The van der Waals surface area contributed by atoms with Gasteiger partial charge in [-0.2, -0.15) is 0 Å². The van der Waals surface area contributed by atoms with Crippen LogP contribution in [0.4, 0.5) is 4.39 Å². The summed E-state index contributed by atoms with van der Waals surface area (Å²) in [4.78, 5) is 5.10. The number of hydrogen-bond acceptors (Lipinski definition) is 3. The molecule has 0 aliphatic carbocycles. The Hall–Kier alpha value is -1.23. The molecule has 4 heteroatoms. The molecule has 22 heavy (non-hydrogen) atoms. The van der Waals surface area contributed by atoms with Gasteiger partial charge in [0.05, 0.1) is 13.2 Å². The predicted molar refractivity (Wildman–Crippen MR) is 87.3 cm³/mol. The van der Waals surface area contributed by atoms with Crippen molar-refractivity contribution in [1.82, 2.24) is 9.80 Å². The van der Waals surface area contributed by atoms with Crippen molar-refractivity contribution in [1.29, 1.82) is 0 Å². The van der Waals surface area contributed by atoms with E-state index in [4.69, 9.17) is 4.74 Å². The Morgan fingerprint density at radius 1 is 1.14 bits per heavy atom. The van der Waals surface area contributed by atoms with Crippen LogP contribution in [-0.4, -0.2) is 61.8 Å². The lowest BCUT2D eigenvalue weighted by Gasteiger charge is -2.40. The summed E-state index contributed by atoms with van der Waals surface area (Å²) in [5, 5.41) is 0. The largest absolute Gasteiger partial charge is 0.379 e. The summed E-state index contributed by atoms with van der Waals surface area (Å²) in [6.45, 7) is 7.19. The van der Waals surface area contributed by atoms with Crippen molar-refractivity contribution in [3.05, 3.63) is 41.7 Å². The molecule has 0 bridgehead atoms. The Balaban J connectivity index is 1.48. The molecule has 1 unspecified atom stereocenters. The molecular formula is C18H25FN2O. The van der Waals surface area contributed by atoms with Crippen LogP contribution < -0.4 is 0 Å². The third kappa shape index (κ3) is 4.38. The van der Waals surface area contributed by atoms with Gasteiger partial charge in [-0.3, -0.25) is 9.80 Å². The van der Waals surface area contributed by atoms with Gasteiger partial charge in [0.1, 0.15) is 5.82 Å².